The number of unbranched alkanes of at least 4 members (excludes halogenated alkanes) is 4. The Balaban J connectivity index is 2.03. The van der Waals surface area contributed by atoms with Gasteiger partial charge in [0.2, 0.25) is 0 Å². The summed E-state index contributed by atoms with van der Waals surface area (Å²) >= 11 is 1.89. The van der Waals surface area contributed by atoms with Gasteiger partial charge in [0.05, 0.1) is 0 Å². The molecule has 0 aliphatic rings. The molecule has 0 saturated heterocycles. The van der Waals surface area contributed by atoms with Gasteiger partial charge < -0.3 is 0 Å². The molecule has 0 unspecified atom stereocenters. The second kappa shape index (κ2) is 10.3. The van der Waals surface area contributed by atoms with Gasteiger partial charge in [0, 0.05) is 0 Å². The average molecular weight is 493 g/mol. The van der Waals surface area contributed by atoms with Gasteiger partial charge in [-0.15, -0.1) is 0 Å². The molecule has 0 bridgehead atoms. The Morgan fingerprint density at radius 1 is 1.08 bits per heavy atom. The van der Waals surface area contributed by atoms with Gasteiger partial charge in [-0.25, -0.2) is 0 Å². The number of allylic oxidation sites excluding steroid dienone is 1. The molecule has 2 rings (SSSR count). The van der Waals surface area contributed by atoms with Crippen LogP contribution in [0.4, 0.5) is 0 Å². The number of hydrogen-bond acceptors (Lipinski definition) is 2. The van der Waals surface area contributed by atoms with Crippen molar-refractivity contribution in [2.24, 2.45) is 0 Å². The molecule has 2 aromatic rings. The Morgan fingerprint density at radius 2 is 1.77 bits per heavy atom. The molecule has 0 nitrogen and oxygen atoms in total. The number of rotatable bonds is 10. The van der Waals surface area contributed by atoms with Crippen LogP contribution in [0.5, 0.6) is 0 Å². The van der Waals surface area contributed by atoms with Crippen molar-refractivity contribution in [3.63, 3.8) is 0 Å². The van der Waals surface area contributed by atoms with E-state index < -0.39 is 18.4 Å². The molecule has 2 aromatic heterocycles. The van der Waals surface area contributed by atoms with Gasteiger partial charge in [-0.1, -0.05) is 19.8 Å². The van der Waals surface area contributed by atoms with Crippen LogP contribution in [0.1, 0.15) is 66.3 Å². The average Bonchev–Trinajstić information content (AvgIpc) is 3.18. The number of hydrogen-bond donors (Lipinski definition) is 0. The normalized spacial score (nSPS) is 12.2. The first kappa shape index (κ1) is 22.0. The Bertz CT molecular complexity index is 741. The molecule has 0 amide bonds. The molecule has 0 aromatic carbocycles. The van der Waals surface area contributed by atoms with E-state index >= 15 is 0 Å². The van der Waals surface area contributed by atoms with Gasteiger partial charge in [0.15, 0.2) is 0 Å². The third-order valence-electron chi connectivity index (χ3n) is 4.74. The summed E-state index contributed by atoms with van der Waals surface area (Å²) in [6, 6.07) is 4.68. The minimum absolute atomic E-state index is 1.13. The van der Waals surface area contributed by atoms with Crippen LogP contribution in [0.25, 0.3) is 17.7 Å². The predicted octanol–water partition coefficient (Wildman–Crippen LogP) is 8.21. The molecule has 0 atom stereocenters. The van der Waals surface area contributed by atoms with Crippen LogP contribution in [0, 0.1) is 6.92 Å². The fourth-order valence-electron chi connectivity index (χ4n) is 3.00. The zero-order valence-electron chi connectivity index (χ0n) is 17.2. The third-order valence-corrected chi connectivity index (χ3v) is 16.3. The van der Waals surface area contributed by atoms with E-state index in [0.29, 0.717) is 0 Å². The van der Waals surface area contributed by atoms with Crippen LogP contribution in [0.2, 0.25) is 14.8 Å². The summed E-state index contributed by atoms with van der Waals surface area (Å²) in [7, 11) is 0. The number of thiophene rings is 2. The molecule has 26 heavy (non-hydrogen) atoms. The van der Waals surface area contributed by atoms with Crippen molar-refractivity contribution in [2.75, 3.05) is 0 Å². The summed E-state index contributed by atoms with van der Waals surface area (Å²) in [5, 5.41) is 2.20. The van der Waals surface area contributed by atoms with E-state index in [1.807, 2.05) is 22.7 Å². The Hall–Kier alpha value is -0.321. The molecule has 2 heterocycles. The fraction of sp³-hybridized carbons (Fsp3) is 0.478. The van der Waals surface area contributed by atoms with Crippen molar-refractivity contribution in [3.8, 4) is 0 Å². The molecule has 0 fully saturated rings. The van der Waals surface area contributed by atoms with Crippen LogP contribution in [-0.4, -0.2) is 18.4 Å². The van der Waals surface area contributed by atoms with Gasteiger partial charge in [-0.2, -0.15) is 0 Å². The van der Waals surface area contributed by atoms with Crippen LogP contribution >= 0.6 is 22.7 Å². The summed E-state index contributed by atoms with van der Waals surface area (Å²) in [6.45, 7) is 8.89. The summed E-state index contributed by atoms with van der Waals surface area (Å²) in [6.07, 6.45) is 12.4. The van der Waals surface area contributed by atoms with Crippen molar-refractivity contribution in [3.05, 3.63) is 45.0 Å². The molecule has 0 spiro atoms. The van der Waals surface area contributed by atoms with Crippen LogP contribution in [-0.2, 0) is 0 Å². The summed E-state index contributed by atoms with van der Waals surface area (Å²) < 4.78 is 1.67. The van der Waals surface area contributed by atoms with E-state index in [2.05, 4.69) is 64.9 Å². The summed E-state index contributed by atoms with van der Waals surface area (Å²) in [4.78, 5) is 10.3. The molecular formula is C23H34S2Sn. The maximum atomic E-state index is 4.37. The molecule has 0 N–H and O–H groups in total. The van der Waals surface area contributed by atoms with Gasteiger partial charge in [0.25, 0.3) is 0 Å². The van der Waals surface area contributed by atoms with Crippen molar-refractivity contribution in [1.29, 1.82) is 0 Å². The molecule has 142 valence electrons. The van der Waals surface area contributed by atoms with Gasteiger partial charge in [-0.05, 0) is 0 Å². The SMILES string of the molecule is C=C(CCCCCCC)c1ccsc1/C=C/c1s[c]([Sn]([CH3])([CH3])[CH3])cc1C. The summed E-state index contributed by atoms with van der Waals surface area (Å²) in [5.74, 6) is 0. The third kappa shape index (κ3) is 6.38. The molecule has 0 aliphatic carbocycles. The van der Waals surface area contributed by atoms with E-state index in [-0.39, 0.29) is 0 Å². The van der Waals surface area contributed by atoms with Crippen molar-refractivity contribution in [2.45, 2.75) is 67.2 Å². The Morgan fingerprint density at radius 3 is 2.42 bits per heavy atom. The van der Waals surface area contributed by atoms with Crippen molar-refractivity contribution < 1.29 is 0 Å². The monoisotopic (exact) mass is 494 g/mol. The van der Waals surface area contributed by atoms with Crippen molar-refractivity contribution in [1.82, 2.24) is 0 Å². The topological polar surface area (TPSA) is 0 Å². The molecule has 0 aliphatic heterocycles. The van der Waals surface area contributed by atoms with E-state index in [0.717, 1.165) is 6.42 Å². The maximum absolute atomic E-state index is 4.37. The zero-order valence-corrected chi connectivity index (χ0v) is 21.6. The van der Waals surface area contributed by atoms with Crippen LogP contribution < -0.4 is 2.89 Å². The van der Waals surface area contributed by atoms with Crippen LogP contribution in [0.15, 0.2) is 24.1 Å². The standard InChI is InChI=1S/C20H25S2.3CH3.Sn/c1-4-5-6-7-8-9-16(2)18-13-15-22-20(18)11-10-19-17(3)12-14-21-19;;;;/h10-13,15H,2,4-9H2,1,3H3;3*1H3;/b11-10+;;;;. The predicted molar refractivity (Wildman–Crippen MR) is 128 cm³/mol. The van der Waals surface area contributed by atoms with E-state index in [1.165, 1.54) is 58.6 Å². The van der Waals surface area contributed by atoms with E-state index in [1.54, 1.807) is 2.89 Å². The Kier molecular flexibility index (Phi) is 8.69. The summed E-state index contributed by atoms with van der Waals surface area (Å²) in [5.41, 5.74) is 4.09. The Labute approximate surface area is 172 Å². The second-order valence-corrected chi connectivity index (χ2v) is 25.7. The first-order chi connectivity index (χ1) is 12.3. The fourth-order valence-corrected chi connectivity index (χ4v) is 10.4. The quantitative estimate of drug-likeness (QED) is 0.231. The van der Waals surface area contributed by atoms with Gasteiger partial charge in [0.1, 0.15) is 0 Å². The van der Waals surface area contributed by atoms with E-state index in [4.69, 9.17) is 0 Å². The van der Waals surface area contributed by atoms with Crippen LogP contribution in [0.3, 0.4) is 0 Å². The zero-order chi connectivity index (χ0) is 19.2. The molecule has 0 radical (unpaired) electrons. The van der Waals surface area contributed by atoms with Gasteiger partial charge >= 0.3 is 154 Å². The molecular weight excluding hydrogens is 459 g/mol. The molecule has 0 saturated carbocycles. The van der Waals surface area contributed by atoms with Gasteiger partial charge in [-0.3, -0.25) is 0 Å². The number of aryl methyl sites for hydroxylation is 1. The first-order valence-corrected chi connectivity index (χ1v) is 21.6. The van der Waals surface area contributed by atoms with E-state index in [9.17, 15) is 0 Å². The first-order valence-electron chi connectivity index (χ1n) is 9.87. The minimum atomic E-state index is -1.96. The second-order valence-electron chi connectivity index (χ2n) is 8.21. The van der Waals surface area contributed by atoms with Crippen molar-refractivity contribution >= 4 is 61.7 Å². The molecule has 3 heteroatoms.